The highest BCUT2D eigenvalue weighted by Gasteiger charge is 2.40. The van der Waals surface area contributed by atoms with E-state index in [1.165, 1.54) is 35.8 Å². The van der Waals surface area contributed by atoms with Crippen molar-refractivity contribution in [1.29, 1.82) is 0 Å². The van der Waals surface area contributed by atoms with Crippen molar-refractivity contribution in [2.75, 3.05) is 70.1 Å². The smallest absolute Gasteiger partial charge is 0.411 e. The number of hydrazine groups is 1. The average Bonchev–Trinajstić information content (AvgIpc) is 3.83. The number of ketones is 1. The van der Waals surface area contributed by atoms with Gasteiger partial charge in [-0.05, 0) is 72.1 Å². The van der Waals surface area contributed by atoms with Crippen LogP contribution in [-0.2, 0) is 28.5 Å². The molecule has 2 saturated heterocycles. The van der Waals surface area contributed by atoms with E-state index in [4.69, 9.17) is 29.9 Å². The highest BCUT2D eigenvalue weighted by molar-refractivity contribution is 8.02. The summed E-state index contributed by atoms with van der Waals surface area (Å²) < 4.78 is 22.8. The van der Waals surface area contributed by atoms with Gasteiger partial charge in [0.2, 0.25) is 0 Å². The van der Waals surface area contributed by atoms with Crippen molar-refractivity contribution in [2.24, 2.45) is 5.84 Å². The predicted octanol–water partition coefficient (Wildman–Crippen LogP) is 8.28. The number of esters is 2. The van der Waals surface area contributed by atoms with Crippen LogP contribution < -0.4 is 16.2 Å². The number of anilines is 2. The van der Waals surface area contributed by atoms with Gasteiger partial charge in [-0.3, -0.25) is 20.4 Å². The molecule has 2 aliphatic rings. The lowest BCUT2D eigenvalue weighted by molar-refractivity contribution is -0.149. The topological polar surface area (TPSA) is 191 Å². The van der Waals surface area contributed by atoms with Crippen LogP contribution in [0.2, 0.25) is 0 Å². The fraction of sp³-hybridized carbons (Fsp3) is 0.358. The number of thioether (sulfide) groups is 1. The number of piperazine rings is 2. The van der Waals surface area contributed by atoms with Crippen LogP contribution in [-0.4, -0.2) is 137 Å². The maximum Gasteiger partial charge on any atom is 0.411 e. The molecule has 2 fully saturated rings. The molecule has 1 aromatic heterocycles. The van der Waals surface area contributed by atoms with Crippen LogP contribution >= 0.6 is 11.8 Å². The minimum Gasteiger partial charge on any atom is -0.467 e. The number of benzene rings is 4. The van der Waals surface area contributed by atoms with Crippen LogP contribution in [0.15, 0.2) is 138 Å². The van der Waals surface area contributed by atoms with Gasteiger partial charge in [0, 0.05) is 61.7 Å². The van der Waals surface area contributed by atoms with Gasteiger partial charge in [0.25, 0.3) is 0 Å². The van der Waals surface area contributed by atoms with E-state index in [9.17, 15) is 24.0 Å². The lowest BCUT2D eigenvalue weighted by Gasteiger charge is -2.41. The summed E-state index contributed by atoms with van der Waals surface area (Å²) in [6.07, 6.45) is 2.36. The van der Waals surface area contributed by atoms with Gasteiger partial charge in [-0.25, -0.2) is 23.9 Å². The summed E-state index contributed by atoms with van der Waals surface area (Å²) in [7, 11) is 2.62. The number of carbonyl (C=O) groups excluding carboxylic acids is 5. The van der Waals surface area contributed by atoms with E-state index in [2.05, 4.69) is 5.43 Å². The number of carbonyl (C=O) groups is 5. The zero-order valence-corrected chi connectivity index (χ0v) is 42.8. The molecule has 3 heterocycles. The molecule has 4 aromatic carbocycles. The van der Waals surface area contributed by atoms with Gasteiger partial charge in [0.1, 0.15) is 11.2 Å². The molecule has 0 saturated carbocycles. The Morgan fingerprint density at radius 3 is 1.62 bits per heavy atom. The fourth-order valence-electron chi connectivity index (χ4n) is 7.44. The van der Waals surface area contributed by atoms with Crippen molar-refractivity contribution in [1.82, 2.24) is 24.5 Å². The van der Waals surface area contributed by atoms with Crippen molar-refractivity contribution in [3.8, 4) is 16.9 Å². The number of nitrogen functional groups attached to an aromatic ring is 1. The van der Waals surface area contributed by atoms with Crippen molar-refractivity contribution in [3.05, 3.63) is 144 Å². The average molecular weight is 991 g/mol. The van der Waals surface area contributed by atoms with Gasteiger partial charge in [0.15, 0.2) is 23.7 Å². The molecule has 3 N–H and O–H groups in total. The van der Waals surface area contributed by atoms with Gasteiger partial charge in [-0.15, -0.1) is 16.9 Å². The number of ether oxygens (including phenoxy) is 4. The summed E-state index contributed by atoms with van der Waals surface area (Å²) in [5, 5.41) is 5.62. The predicted molar refractivity (Wildman–Crippen MR) is 277 cm³/mol. The number of nitrogens with zero attached hydrogens (tertiary/aromatic N) is 6. The Bertz CT molecular complexity index is 2490. The standard InChI is InChI=1S/C26H30N4O4.C21H28N2O5S.C6H8N2/c1-26(2,3)34-25(32)29-16-15-28(18-22(29)24(31)33-4)23-17-21(19-11-7-5-8-12-19)30(27-23)20-13-9-6-10-14-20;1-21(2,3)28-20(26)23-12-11-22(14-16(23)19(25)27-4)18(29-5)13-17(24)15-9-7-6-8-10-15;7-8-6-4-2-1-3-5-6/h5-14,17,22H,15-16,18H2,1-4H3;6-10,13,16H,11-12,14H2,1-5H3;1-5,8H,7H2/b;18-13-;/t22-;16-;/m00./s1. The minimum absolute atomic E-state index is 0.112. The van der Waals surface area contributed by atoms with E-state index in [-0.39, 0.29) is 25.4 Å². The normalized spacial score (nSPS) is 16.0. The van der Waals surface area contributed by atoms with Crippen LogP contribution in [0.5, 0.6) is 0 Å². The molecule has 18 heteroatoms. The van der Waals surface area contributed by atoms with Crippen molar-refractivity contribution < 1.29 is 42.9 Å². The number of nitrogens with one attached hydrogen (secondary N) is 1. The van der Waals surface area contributed by atoms with E-state index in [0.29, 0.717) is 25.2 Å². The Labute approximate surface area is 420 Å². The summed E-state index contributed by atoms with van der Waals surface area (Å²) in [5.74, 6) is 4.71. The lowest BCUT2D eigenvalue weighted by Crippen LogP contribution is -2.59. The van der Waals surface area contributed by atoms with Crippen LogP contribution in [0.1, 0.15) is 51.9 Å². The number of hydrogen-bond donors (Lipinski definition) is 2. The molecule has 378 valence electrons. The Morgan fingerprint density at radius 1 is 0.662 bits per heavy atom. The molecule has 2 aliphatic heterocycles. The van der Waals surface area contributed by atoms with Gasteiger partial charge >= 0.3 is 24.1 Å². The van der Waals surface area contributed by atoms with E-state index in [1.54, 1.807) is 59.8 Å². The third-order valence-corrected chi connectivity index (χ3v) is 11.6. The molecule has 5 aromatic rings. The van der Waals surface area contributed by atoms with Crippen LogP contribution in [0.4, 0.5) is 21.1 Å². The first kappa shape index (κ1) is 54.6. The number of amides is 2. The summed E-state index contributed by atoms with van der Waals surface area (Å²) in [4.78, 5) is 69.6. The second-order valence-corrected chi connectivity index (χ2v) is 19.1. The quantitative estimate of drug-likeness (QED) is 0.0339. The van der Waals surface area contributed by atoms with Gasteiger partial charge in [-0.2, -0.15) is 0 Å². The largest absolute Gasteiger partial charge is 0.467 e. The van der Waals surface area contributed by atoms with Crippen molar-refractivity contribution in [2.45, 2.75) is 64.8 Å². The highest BCUT2D eigenvalue weighted by Crippen LogP contribution is 2.30. The van der Waals surface area contributed by atoms with E-state index < -0.39 is 47.4 Å². The number of allylic oxidation sites excluding steroid dienone is 1. The van der Waals surface area contributed by atoms with E-state index in [0.717, 1.165) is 33.5 Å². The first-order chi connectivity index (χ1) is 33.9. The molecule has 2 atom stereocenters. The summed E-state index contributed by atoms with van der Waals surface area (Å²) >= 11 is 1.42. The first-order valence-corrected chi connectivity index (χ1v) is 24.3. The maximum atomic E-state index is 12.8. The maximum absolute atomic E-state index is 12.8. The highest BCUT2D eigenvalue weighted by atomic mass is 32.2. The molecule has 0 bridgehead atoms. The lowest BCUT2D eigenvalue weighted by atomic mass is 10.1. The van der Waals surface area contributed by atoms with E-state index >= 15 is 0 Å². The monoisotopic (exact) mass is 990 g/mol. The second-order valence-electron chi connectivity index (χ2n) is 18.2. The zero-order valence-electron chi connectivity index (χ0n) is 41.9. The van der Waals surface area contributed by atoms with Crippen LogP contribution in [0.3, 0.4) is 0 Å². The van der Waals surface area contributed by atoms with E-state index in [1.807, 2.05) is 136 Å². The Balaban J connectivity index is 0.000000230. The first-order valence-electron chi connectivity index (χ1n) is 23.1. The SMILES string of the molecule is COC(=O)[C@@H]1CN(/C(=C/C(=O)c2ccccc2)SC)CCN1C(=O)OC(C)(C)C.COC(=O)[C@@H]1CN(c2cc(-c3ccccc3)n(-c3ccccc3)n2)CCN1C(=O)OC(C)(C)C.NNc1ccccc1. The third-order valence-electron chi connectivity index (χ3n) is 10.8. The Hall–Kier alpha value is -7.31. The minimum atomic E-state index is -0.814. The summed E-state index contributed by atoms with van der Waals surface area (Å²) in [6.45, 7) is 12.8. The number of methoxy groups -OCH3 is 2. The van der Waals surface area contributed by atoms with Crippen molar-refractivity contribution in [3.63, 3.8) is 0 Å². The molecule has 17 nitrogen and oxygen atoms in total. The molecular formula is C53H66N8O9S. The Morgan fingerprint density at radius 2 is 1.14 bits per heavy atom. The molecule has 0 radical (unpaired) electrons. The third kappa shape index (κ3) is 15.9. The molecule has 7 rings (SSSR count). The number of para-hydroxylation sites is 2. The van der Waals surface area contributed by atoms with Gasteiger partial charge in [-0.1, -0.05) is 97.1 Å². The van der Waals surface area contributed by atoms with Crippen LogP contribution in [0.25, 0.3) is 16.9 Å². The molecule has 0 unspecified atom stereocenters. The molecular weight excluding hydrogens is 925 g/mol. The van der Waals surface area contributed by atoms with Crippen molar-refractivity contribution >= 4 is 53.2 Å². The molecule has 2 amide bonds. The van der Waals surface area contributed by atoms with Crippen LogP contribution in [0, 0.1) is 0 Å². The number of nitrogens with two attached hydrogens (primary N) is 1. The number of rotatable bonds is 10. The summed E-state index contributed by atoms with van der Waals surface area (Å²) in [6, 6.07) is 38.9. The zero-order chi connectivity index (χ0) is 51.7. The Kier molecular flexibility index (Phi) is 19.6. The summed E-state index contributed by atoms with van der Waals surface area (Å²) in [5.41, 5.74) is 5.63. The molecule has 0 spiro atoms. The van der Waals surface area contributed by atoms with Gasteiger partial charge < -0.3 is 34.2 Å². The fourth-order valence-corrected chi connectivity index (χ4v) is 8.09. The number of hydrogen-bond acceptors (Lipinski definition) is 15. The molecule has 0 aliphatic carbocycles. The number of aromatic nitrogens is 2. The van der Waals surface area contributed by atoms with Gasteiger partial charge in [0.05, 0.1) is 37.2 Å². The second kappa shape index (κ2) is 25.5. The molecule has 71 heavy (non-hydrogen) atoms.